The van der Waals surface area contributed by atoms with Crippen molar-refractivity contribution >= 4 is 7.25 Å². The Balaban J connectivity index is 0.000000422. The third kappa shape index (κ3) is 6.58. The van der Waals surface area contributed by atoms with Gasteiger partial charge in [-0.3, -0.25) is 0 Å². The zero-order valence-electron chi connectivity index (χ0n) is 13.4. The molecule has 0 saturated carbocycles. The van der Waals surface area contributed by atoms with Crippen LogP contribution in [0.5, 0.6) is 0 Å². The SMILES string of the molecule is CC(C)C1=[C]([Cr+][C]2=C(C(C)C)C=CC2)CC=C1.F[B-](F)(F)F. The van der Waals surface area contributed by atoms with Crippen LogP contribution >= 0.6 is 0 Å². The third-order valence-electron chi connectivity index (χ3n) is 3.34. The Labute approximate surface area is 136 Å². The molecular formula is C16H22BCrF4. The van der Waals surface area contributed by atoms with Crippen molar-refractivity contribution in [1.82, 2.24) is 0 Å². The molecule has 0 aromatic heterocycles. The number of rotatable bonds is 4. The second kappa shape index (κ2) is 8.22. The molecule has 0 amide bonds. The maximum atomic E-state index is 9.75. The monoisotopic (exact) mass is 353 g/mol. The fourth-order valence-electron chi connectivity index (χ4n) is 2.39. The molecule has 0 aliphatic heterocycles. The first-order chi connectivity index (χ1) is 10.1. The van der Waals surface area contributed by atoms with Gasteiger partial charge in [-0.1, -0.05) is 0 Å². The summed E-state index contributed by atoms with van der Waals surface area (Å²) in [6, 6.07) is 0. The van der Waals surface area contributed by atoms with Crippen molar-refractivity contribution < 1.29 is 32.5 Å². The van der Waals surface area contributed by atoms with E-state index in [9.17, 15) is 17.3 Å². The molecular weight excluding hydrogens is 331 g/mol. The predicted octanol–water partition coefficient (Wildman–Crippen LogP) is 6.11. The van der Waals surface area contributed by atoms with E-state index in [1.54, 1.807) is 20.0 Å². The number of halogens is 4. The van der Waals surface area contributed by atoms with Gasteiger partial charge in [0.1, 0.15) is 0 Å². The van der Waals surface area contributed by atoms with Gasteiger partial charge in [0, 0.05) is 0 Å². The summed E-state index contributed by atoms with van der Waals surface area (Å²) < 4.78 is 42.4. The van der Waals surface area contributed by atoms with Gasteiger partial charge in [-0.25, -0.2) is 0 Å². The van der Waals surface area contributed by atoms with Gasteiger partial charge < -0.3 is 17.3 Å². The molecule has 0 radical (unpaired) electrons. The third-order valence-corrected chi connectivity index (χ3v) is 5.36. The van der Waals surface area contributed by atoms with E-state index >= 15 is 0 Å². The molecule has 0 atom stereocenters. The van der Waals surface area contributed by atoms with E-state index in [-0.39, 0.29) is 0 Å². The van der Waals surface area contributed by atoms with Crippen LogP contribution in [0.15, 0.2) is 44.3 Å². The maximum Gasteiger partial charge on any atom is 0.673 e. The molecule has 2 aliphatic carbocycles. The topological polar surface area (TPSA) is 0 Å². The molecule has 0 nitrogen and oxygen atoms in total. The molecule has 0 heterocycles. The van der Waals surface area contributed by atoms with E-state index in [2.05, 4.69) is 52.0 Å². The molecule has 2 aliphatic rings. The van der Waals surface area contributed by atoms with Gasteiger partial charge >= 0.3 is 119 Å². The van der Waals surface area contributed by atoms with Crippen molar-refractivity contribution in [2.75, 3.05) is 0 Å². The molecule has 6 heteroatoms. The summed E-state index contributed by atoms with van der Waals surface area (Å²) in [6.45, 7) is 9.24. The zero-order chi connectivity index (χ0) is 16.9. The van der Waals surface area contributed by atoms with Crippen molar-refractivity contribution in [1.29, 1.82) is 0 Å². The summed E-state index contributed by atoms with van der Waals surface area (Å²) in [7, 11) is -6.00. The van der Waals surface area contributed by atoms with E-state index in [0.717, 1.165) is 0 Å². The zero-order valence-corrected chi connectivity index (χ0v) is 14.7. The molecule has 123 valence electrons. The summed E-state index contributed by atoms with van der Waals surface area (Å²) in [5.74, 6) is 1.37. The fraction of sp³-hybridized carbons (Fsp3) is 0.500. The average molecular weight is 353 g/mol. The number of hydrogen-bond donors (Lipinski definition) is 0. The van der Waals surface area contributed by atoms with Crippen molar-refractivity contribution in [2.24, 2.45) is 11.8 Å². The summed E-state index contributed by atoms with van der Waals surface area (Å²) in [6.07, 6.45) is 11.8. The van der Waals surface area contributed by atoms with E-state index in [0.29, 0.717) is 27.1 Å². The van der Waals surface area contributed by atoms with Gasteiger partial charge in [-0.15, -0.1) is 0 Å². The van der Waals surface area contributed by atoms with Crippen LogP contribution in [0, 0.1) is 11.8 Å². The van der Waals surface area contributed by atoms with E-state index in [1.807, 2.05) is 0 Å². The van der Waals surface area contributed by atoms with Crippen molar-refractivity contribution in [3.8, 4) is 0 Å². The summed E-state index contributed by atoms with van der Waals surface area (Å²) >= 11 is 0.576. The normalized spacial score (nSPS) is 17.7. The first-order valence-corrected chi connectivity index (χ1v) is 8.71. The van der Waals surface area contributed by atoms with Gasteiger partial charge in [0.2, 0.25) is 0 Å². The van der Waals surface area contributed by atoms with Crippen LogP contribution in [0.1, 0.15) is 40.5 Å². The fourth-order valence-corrected chi connectivity index (χ4v) is 4.73. The quantitative estimate of drug-likeness (QED) is 0.423. The van der Waals surface area contributed by atoms with Crippen molar-refractivity contribution in [2.45, 2.75) is 40.5 Å². The Morgan fingerprint density at radius 2 is 1.14 bits per heavy atom. The minimum Gasteiger partial charge on any atom is -0.418 e. The molecule has 0 unspecified atom stereocenters. The minimum atomic E-state index is -6.00. The van der Waals surface area contributed by atoms with Crippen LogP contribution in [-0.2, 0) is 15.2 Å². The van der Waals surface area contributed by atoms with Crippen LogP contribution in [-0.4, -0.2) is 7.25 Å². The second-order valence-electron chi connectivity index (χ2n) is 5.88. The Kier molecular flexibility index (Phi) is 7.22. The van der Waals surface area contributed by atoms with E-state index in [1.165, 1.54) is 12.8 Å². The van der Waals surface area contributed by atoms with Gasteiger partial charge in [0.25, 0.3) is 0 Å². The van der Waals surface area contributed by atoms with Crippen LogP contribution in [0.3, 0.4) is 0 Å². The van der Waals surface area contributed by atoms with Crippen molar-refractivity contribution in [3.63, 3.8) is 0 Å². The van der Waals surface area contributed by atoms with Crippen molar-refractivity contribution in [3.05, 3.63) is 44.3 Å². The van der Waals surface area contributed by atoms with E-state index in [4.69, 9.17) is 0 Å². The number of hydrogen-bond acceptors (Lipinski definition) is 0. The largest absolute Gasteiger partial charge is 0.673 e. The minimum absolute atomic E-state index is 0.576. The molecule has 0 bridgehead atoms. The summed E-state index contributed by atoms with van der Waals surface area (Å²) in [5.41, 5.74) is 3.21. The Hall–Kier alpha value is -0.723. The number of allylic oxidation sites excluding steroid dienone is 8. The Bertz CT molecular complexity index is 465. The second-order valence-corrected chi connectivity index (χ2v) is 7.73. The van der Waals surface area contributed by atoms with E-state index < -0.39 is 7.25 Å². The maximum absolute atomic E-state index is 9.75. The smallest absolute Gasteiger partial charge is 0.418 e. The van der Waals surface area contributed by atoms with Crippen LogP contribution in [0.4, 0.5) is 17.3 Å². The molecule has 0 spiro atoms. The van der Waals surface area contributed by atoms with Crippen LogP contribution < -0.4 is 0 Å². The van der Waals surface area contributed by atoms with Gasteiger partial charge in [0.15, 0.2) is 0 Å². The van der Waals surface area contributed by atoms with Gasteiger partial charge in [0.05, 0.1) is 0 Å². The van der Waals surface area contributed by atoms with Gasteiger partial charge in [-0.05, 0) is 0 Å². The molecule has 0 saturated heterocycles. The average Bonchev–Trinajstić information content (AvgIpc) is 2.95. The standard InChI is InChI=1S/2C8H11.BF4.Cr/c2*1-7(2)8-5-3-4-6-8;2-1(3,4)5;/h2*3,5,7H,4H2,1-2H3;;/q;;-1;+1. The van der Waals surface area contributed by atoms with Crippen LogP contribution in [0.25, 0.3) is 0 Å². The summed E-state index contributed by atoms with van der Waals surface area (Å²) in [5, 5.41) is 0. The molecule has 0 aromatic carbocycles. The Morgan fingerprint density at radius 1 is 0.818 bits per heavy atom. The molecule has 2 rings (SSSR count). The molecule has 0 aromatic rings. The molecule has 22 heavy (non-hydrogen) atoms. The molecule has 0 fully saturated rings. The first-order valence-electron chi connectivity index (χ1n) is 7.44. The predicted molar refractivity (Wildman–Crippen MR) is 81.4 cm³/mol. The first kappa shape index (κ1) is 19.3. The summed E-state index contributed by atoms with van der Waals surface area (Å²) in [4.78, 5) is 0. The van der Waals surface area contributed by atoms with Crippen LogP contribution in [0.2, 0.25) is 0 Å². The Morgan fingerprint density at radius 3 is 1.41 bits per heavy atom. The van der Waals surface area contributed by atoms with Gasteiger partial charge in [-0.2, -0.15) is 0 Å². The molecule has 0 N–H and O–H groups in total.